The summed E-state index contributed by atoms with van der Waals surface area (Å²) in [4.78, 5) is 1.26. The van der Waals surface area contributed by atoms with E-state index in [4.69, 9.17) is 0 Å². The Morgan fingerprint density at radius 2 is 1.88 bits per heavy atom. The van der Waals surface area contributed by atoms with E-state index >= 15 is 0 Å². The number of quaternary nitrogens is 1. The van der Waals surface area contributed by atoms with E-state index in [2.05, 4.69) is 20.9 Å². The zero-order chi connectivity index (χ0) is 11.8. The summed E-state index contributed by atoms with van der Waals surface area (Å²) in [5, 5.41) is 10.9. The van der Waals surface area contributed by atoms with Crippen LogP contribution < -0.4 is 4.90 Å². The number of hydrogen-bond donors (Lipinski definition) is 2. The first-order valence-electron chi connectivity index (χ1n) is 5.90. The normalized spacial score (nSPS) is 33.6. The van der Waals surface area contributed by atoms with Crippen LogP contribution in [0.1, 0.15) is 25.8 Å². The van der Waals surface area contributed by atoms with Crippen molar-refractivity contribution in [2.75, 3.05) is 13.1 Å². The number of aliphatic hydroxyl groups is 1. The number of rotatable bonds is 1. The molecule has 2 unspecified atom stereocenters. The van der Waals surface area contributed by atoms with Gasteiger partial charge in [-0.15, -0.1) is 0 Å². The number of nitrogens with one attached hydrogen (secondary N) is 1. The van der Waals surface area contributed by atoms with E-state index in [9.17, 15) is 5.11 Å². The number of hydrogen-bond acceptors (Lipinski definition) is 1. The van der Waals surface area contributed by atoms with Crippen molar-refractivity contribution in [1.29, 1.82) is 0 Å². The van der Waals surface area contributed by atoms with Gasteiger partial charge in [-0.3, -0.25) is 0 Å². The molecule has 2 N–H and O–H groups in total. The predicted molar refractivity (Wildman–Crippen MR) is 64.8 cm³/mol. The summed E-state index contributed by atoms with van der Waals surface area (Å²) in [6.07, 6.45) is 0.781. The van der Waals surface area contributed by atoms with Crippen molar-refractivity contribution >= 4 is 0 Å². The van der Waals surface area contributed by atoms with Crippen LogP contribution in [0, 0.1) is 12.5 Å². The highest BCUT2D eigenvalue weighted by molar-refractivity contribution is 5.25. The Morgan fingerprint density at radius 1 is 1.25 bits per heavy atom. The lowest BCUT2D eigenvalue weighted by Crippen LogP contribution is -3.10. The first-order valence-corrected chi connectivity index (χ1v) is 5.90. The summed E-state index contributed by atoms with van der Waals surface area (Å²) in [5.41, 5.74) is 0.187. The molecule has 1 aliphatic rings. The number of likely N-dealkylation sites (tertiary alicyclic amines) is 1. The van der Waals surface area contributed by atoms with Crippen LogP contribution in [0.2, 0.25) is 0 Å². The monoisotopic (exact) mass is 219 g/mol. The van der Waals surface area contributed by atoms with Crippen LogP contribution in [0.15, 0.2) is 30.3 Å². The second kappa shape index (κ2) is 3.86. The molecule has 88 valence electrons. The molecule has 0 aliphatic carbocycles. The Bertz CT molecular complexity index is 360. The topological polar surface area (TPSA) is 24.7 Å². The molecular weight excluding hydrogens is 198 g/mol. The Kier molecular flexibility index (Phi) is 2.81. The highest BCUT2D eigenvalue weighted by Gasteiger charge is 2.49. The first kappa shape index (κ1) is 11.6. The maximum atomic E-state index is 10.9. The maximum Gasteiger partial charge on any atom is 0.105 e. The van der Waals surface area contributed by atoms with E-state index in [1.807, 2.05) is 30.3 Å². The van der Waals surface area contributed by atoms with Crippen molar-refractivity contribution in [2.24, 2.45) is 5.41 Å². The number of piperidine rings is 1. The van der Waals surface area contributed by atoms with Crippen molar-refractivity contribution in [3.8, 4) is 0 Å². The van der Waals surface area contributed by atoms with Crippen molar-refractivity contribution in [3.63, 3.8) is 0 Å². The zero-order valence-electron chi connectivity index (χ0n) is 10.2. The minimum Gasteiger partial charge on any atom is -0.467 e. The molecule has 1 aromatic rings. The standard InChI is InChI=1S/C14H21NO/c1-13(2)11-15(3)10-9-14(13,16)12-7-5-4-6-8-12/h4-8,15-16H,3,9-11H2,1-2H3. The van der Waals surface area contributed by atoms with Gasteiger partial charge in [-0.25, -0.2) is 0 Å². The van der Waals surface area contributed by atoms with Crippen LogP contribution in [-0.2, 0) is 5.60 Å². The van der Waals surface area contributed by atoms with E-state index in [1.54, 1.807) is 0 Å². The van der Waals surface area contributed by atoms with E-state index in [0.717, 1.165) is 25.1 Å². The van der Waals surface area contributed by atoms with Gasteiger partial charge in [0.15, 0.2) is 0 Å². The van der Waals surface area contributed by atoms with Gasteiger partial charge < -0.3 is 10.0 Å². The van der Waals surface area contributed by atoms with Crippen LogP contribution in [0.25, 0.3) is 0 Å². The van der Waals surface area contributed by atoms with Gasteiger partial charge >= 0.3 is 0 Å². The van der Waals surface area contributed by atoms with Gasteiger partial charge in [0.1, 0.15) is 5.60 Å². The zero-order valence-corrected chi connectivity index (χ0v) is 10.2. The molecule has 2 atom stereocenters. The molecule has 2 heteroatoms. The van der Waals surface area contributed by atoms with Crippen molar-refractivity contribution in [1.82, 2.24) is 0 Å². The van der Waals surface area contributed by atoms with Crippen molar-refractivity contribution < 1.29 is 10.0 Å². The van der Waals surface area contributed by atoms with Gasteiger partial charge in [0.25, 0.3) is 0 Å². The molecule has 2 nitrogen and oxygen atoms in total. The van der Waals surface area contributed by atoms with E-state index in [1.165, 1.54) is 4.90 Å². The molecule has 0 saturated carbocycles. The Balaban J connectivity index is 2.37. The van der Waals surface area contributed by atoms with Crippen molar-refractivity contribution in [2.45, 2.75) is 25.9 Å². The molecule has 0 bridgehead atoms. The highest BCUT2D eigenvalue weighted by Crippen LogP contribution is 2.42. The second-order valence-electron chi connectivity index (χ2n) is 5.54. The molecule has 0 aromatic heterocycles. The summed E-state index contributed by atoms with van der Waals surface area (Å²) < 4.78 is 0. The van der Waals surface area contributed by atoms with Crippen LogP contribution >= 0.6 is 0 Å². The van der Waals surface area contributed by atoms with Crippen LogP contribution in [-0.4, -0.2) is 18.2 Å². The van der Waals surface area contributed by atoms with E-state index in [0.29, 0.717) is 0 Å². The summed E-state index contributed by atoms with van der Waals surface area (Å²) in [5.74, 6) is 0. The second-order valence-corrected chi connectivity index (χ2v) is 5.54. The summed E-state index contributed by atoms with van der Waals surface area (Å²) in [6.45, 7) is 6.09. The molecular formula is C14H21NO. The van der Waals surface area contributed by atoms with Crippen LogP contribution in [0.3, 0.4) is 0 Å². The summed E-state index contributed by atoms with van der Waals surface area (Å²) in [7, 11) is 4.06. The highest BCUT2D eigenvalue weighted by atomic mass is 16.3. The Morgan fingerprint density at radius 3 is 2.44 bits per heavy atom. The molecule has 1 saturated heterocycles. The lowest BCUT2D eigenvalue weighted by molar-refractivity contribution is -0.872. The molecule has 1 fully saturated rings. The molecule has 0 amide bonds. The molecule has 2 rings (SSSR count). The SMILES string of the molecule is [CH2-][NH+]1CCC(O)(c2ccccc2)C(C)(C)C1. The van der Waals surface area contributed by atoms with Gasteiger partial charge in [0, 0.05) is 11.8 Å². The lowest BCUT2D eigenvalue weighted by atomic mass is 9.66. The fourth-order valence-corrected chi connectivity index (χ4v) is 2.80. The molecule has 0 spiro atoms. The lowest BCUT2D eigenvalue weighted by Gasteiger charge is -2.49. The van der Waals surface area contributed by atoms with Crippen molar-refractivity contribution in [3.05, 3.63) is 42.9 Å². The quantitative estimate of drug-likeness (QED) is 0.676. The van der Waals surface area contributed by atoms with Crippen LogP contribution in [0.5, 0.6) is 0 Å². The third kappa shape index (κ3) is 1.76. The minimum atomic E-state index is -0.713. The Hall–Kier alpha value is -0.860. The molecule has 1 aromatic carbocycles. The first-order chi connectivity index (χ1) is 7.46. The average Bonchev–Trinajstić information content (AvgIpc) is 2.25. The summed E-state index contributed by atoms with van der Waals surface area (Å²) >= 11 is 0. The number of benzene rings is 1. The van der Waals surface area contributed by atoms with E-state index in [-0.39, 0.29) is 5.41 Å². The maximum absolute atomic E-state index is 10.9. The largest absolute Gasteiger partial charge is 0.467 e. The molecule has 0 radical (unpaired) electrons. The third-order valence-electron chi connectivity index (χ3n) is 3.90. The fraction of sp³-hybridized carbons (Fsp3) is 0.500. The summed E-state index contributed by atoms with van der Waals surface area (Å²) in [6, 6.07) is 10.0. The van der Waals surface area contributed by atoms with Gasteiger partial charge in [-0.2, -0.15) is 7.05 Å². The minimum absolute atomic E-state index is 0.135. The van der Waals surface area contributed by atoms with Gasteiger partial charge in [-0.1, -0.05) is 44.2 Å². The molecule has 1 heterocycles. The third-order valence-corrected chi connectivity index (χ3v) is 3.90. The van der Waals surface area contributed by atoms with E-state index < -0.39 is 5.60 Å². The van der Waals surface area contributed by atoms with Gasteiger partial charge in [0.05, 0.1) is 13.1 Å². The van der Waals surface area contributed by atoms with Gasteiger partial charge in [0.2, 0.25) is 0 Å². The van der Waals surface area contributed by atoms with Crippen LogP contribution in [0.4, 0.5) is 0 Å². The average molecular weight is 219 g/mol. The smallest absolute Gasteiger partial charge is 0.105 e. The predicted octanol–water partition coefficient (Wildman–Crippen LogP) is 0.981. The molecule has 1 aliphatic heterocycles. The fourth-order valence-electron chi connectivity index (χ4n) is 2.80. The van der Waals surface area contributed by atoms with Gasteiger partial charge in [-0.05, 0) is 5.56 Å². The molecule has 16 heavy (non-hydrogen) atoms. The Labute approximate surface area is 97.9 Å².